The van der Waals surface area contributed by atoms with Crippen molar-refractivity contribution in [3.05, 3.63) is 0 Å². The molecule has 2 N–H and O–H groups in total. The average molecular weight is 452 g/mol. The van der Waals surface area contributed by atoms with Gasteiger partial charge in [0.15, 0.2) is 5.96 Å². The third-order valence-corrected chi connectivity index (χ3v) is 5.53. The fourth-order valence-electron chi connectivity index (χ4n) is 4.11. The molecule has 24 heavy (non-hydrogen) atoms. The van der Waals surface area contributed by atoms with Crippen molar-refractivity contribution in [1.82, 2.24) is 15.1 Å². The Morgan fingerprint density at radius 1 is 1.25 bits per heavy atom. The minimum Gasteiger partial charge on any atom is -0.388 e. The number of ether oxygens (including phenoxy) is 1. The standard InChI is InChI=1S/C17H32N4O2.HI/c1-18-16(19-14-17(22)5-2-3-6-17)21-7-4-15(13-21)12-20-8-10-23-11-9-20;/h15,22H,2-14H2,1H3,(H,18,19);1H. The fourth-order valence-corrected chi connectivity index (χ4v) is 4.11. The summed E-state index contributed by atoms with van der Waals surface area (Å²) in [5.41, 5.74) is -0.525. The van der Waals surface area contributed by atoms with Crippen LogP contribution in [-0.4, -0.2) is 86.0 Å². The number of aliphatic hydroxyl groups is 1. The van der Waals surface area contributed by atoms with Crippen molar-refractivity contribution in [2.45, 2.75) is 37.7 Å². The average Bonchev–Trinajstić information content (AvgIpc) is 3.19. The number of aliphatic imine (C=N–C) groups is 1. The third-order valence-electron chi connectivity index (χ3n) is 5.53. The van der Waals surface area contributed by atoms with Crippen LogP contribution in [0.5, 0.6) is 0 Å². The van der Waals surface area contributed by atoms with Crippen molar-refractivity contribution in [1.29, 1.82) is 0 Å². The van der Waals surface area contributed by atoms with Crippen molar-refractivity contribution >= 4 is 29.9 Å². The molecule has 0 bridgehead atoms. The van der Waals surface area contributed by atoms with E-state index in [1.165, 1.54) is 13.0 Å². The molecular weight excluding hydrogens is 419 g/mol. The molecule has 0 aromatic heterocycles. The van der Waals surface area contributed by atoms with Gasteiger partial charge in [-0.25, -0.2) is 0 Å². The molecule has 1 atom stereocenters. The zero-order valence-electron chi connectivity index (χ0n) is 14.9. The van der Waals surface area contributed by atoms with E-state index in [9.17, 15) is 5.11 Å². The first-order valence-corrected chi connectivity index (χ1v) is 9.17. The van der Waals surface area contributed by atoms with Crippen molar-refractivity contribution in [3.63, 3.8) is 0 Å². The van der Waals surface area contributed by atoms with Gasteiger partial charge in [-0.05, 0) is 25.2 Å². The first-order chi connectivity index (χ1) is 11.2. The lowest BCUT2D eigenvalue weighted by molar-refractivity contribution is 0.0315. The van der Waals surface area contributed by atoms with Crippen molar-refractivity contribution in [2.75, 3.05) is 59.5 Å². The predicted molar refractivity (Wildman–Crippen MR) is 107 cm³/mol. The van der Waals surface area contributed by atoms with Gasteiger partial charge >= 0.3 is 0 Å². The summed E-state index contributed by atoms with van der Waals surface area (Å²) in [5, 5.41) is 13.9. The van der Waals surface area contributed by atoms with E-state index in [1.807, 2.05) is 7.05 Å². The van der Waals surface area contributed by atoms with Gasteiger partial charge in [-0.2, -0.15) is 0 Å². The summed E-state index contributed by atoms with van der Waals surface area (Å²) in [6.45, 7) is 7.80. The van der Waals surface area contributed by atoms with Crippen LogP contribution in [0.1, 0.15) is 32.1 Å². The van der Waals surface area contributed by atoms with Gasteiger partial charge in [-0.1, -0.05) is 12.8 Å². The van der Waals surface area contributed by atoms with Crippen LogP contribution in [0.2, 0.25) is 0 Å². The van der Waals surface area contributed by atoms with Crippen LogP contribution in [0.4, 0.5) is 0 Å². The van der Waals surface area contributed by atoms with E-state index >= 15 is 0 Å². The highest BCUT2D eigenvalue weighted by Crippen LogP contribution is 2.28. The second kappa shape index (κ2) is 9.54. The molecule has 0 spiro atoms. The number of likely N-dealkylation sites (tertiary alicyclic amines) is 1. The number of morpholine rings is 1. The van der Waals surface area contributed by atoms with Gasteiger partial charge in [0.1, 0.15) is 0 Å². The van der Waals surface area contributed by atoms with Crippen molar-refractivity contribution < 1.29 is 9.84 Å². The minimum absolute atomic E-state index is 0. The Morgan fingerprint density at radius 2 is 1.96 bits per heavy atom. The molecule has 1 aliphatic carbocycles. The van der Waals surface area contributed by atoms with Gasteiger partial charge in [0.2, 0.25) is 0 Å². The van der Waals surface area contributed by atoms with E-state index < -0.39 is 5.60 Å². The first kappa shape index (κ1) is 20.2. The summed E-state index contributed by atoms with van der Waals surface area (Å²) in [7, 11) is 1.84. The maximum Gasteiger partial charge on any atom is 0.193 e. The Bertz CT molecular complexity index is 409. The molecule has 0 amide bonds. The number of halogens is 1. The highest BCUT2D eigenvalue weighted by Gasteiger charge is 2.32. The van der Waals surface area contributed by atoms with Gasteiger partial charge in [0.05, 0.1) is 18.8 Å². The van der Waals surface area contributed by atoms with E-state index in [-0.39, 0.29) is 24.0 Å². The Morgan fingerprint density at radius 3 is 2.62 bits per heavy atom. The highest BCUT2D eigenvalue weighted by atomic mass is 127. The molecule has 1 unspecified atom stereocenters. The summed E-state index contributed by atoms with van der Waals surface area (Å²) in [4.78, 5) is 9.30. The number of rotatable bonds is 4. The van der Waals surface area contributed by atoms with Gasteiger partial charge in [0, 0.05) is 46.3 Å². The number of nitrogens with zero attached hydrogens (tertiary/aromatic N) is 3. The summed E-state index contributed by atoms with van der Waals surface area (Å²) in [5.74, 6) is 1.66. The third kappa shape index (κ3) is 5.44. The molecule has 2 saturated heterocycles. The number of nitrogens with one attached hydrogen (secondary N) is 1. The second-order valence-electron chi connectivity index (χ2n) is 7.35. The Kier molecular flexibility index (Phi) is 8.03. The van der Waals surface area contributed by atoms with Crippen LogP contribution in [-0.2, 0) is 4.74 Å². The second-order valence-corrected chi connectivity index (χ2v) is 7.35. The van der Waals surface area contributed by atoms with Gasteiger partial charge in [0.25, 0.3) is 0 Å². The SMILES string of the molecule is CN=C(NCC1(O)CCCC1)N1CCC(CN2CCOCC2)C1.I. The van der Waals surface area contributed by atoms with Crippen LogP contribution in [0.25, 0.3) is 0 Å². The quantitative estimate of drug-likeness (QED) is 0.381. The van der Waals surface area contributed by atoms with E-state index in [0.29, 0.717) is 12.5 Å². The summed E-state index contributed by atoms with van der Waals surface area (Å²) < 4.78 is 5.43. The molecule has 0 radical (unpaired) electrons. The van der Waals surface area contributed by atoms with Gasteiger partial charge < -0.3 is 20.1 Å². The molecular formula is C17H33IN4O2. The maximum absolute atomic E-state index is 10.5. The van der Waals surface area contributed by atoms with Gasteiger partial charge in [-0.3, -0.25) is 9.89 Å². The molecule has 140 valence electrons. The Hall–Kier alpha value is -0.120. The Balaban J connectivity index is 0.00000208. The van der Waals surface area contributed by atoms with Crippen LogP contribution >= 0.6 is 24.0 Å². The maximum atomic E-state index is 10.5. The molecule has 6 nitrogen and oxygen atoms in total. The molecule has 2 heterocycles. The minimum atomic E-state index is -0.525. The number of guanidine groups is 1. The molecule has 3 rings (SSSR count). The first-order valence-electron chi connectivity index (χ1n) is 9.17. The zero-order chi connectivity index (χ0) is 16.1. The number of hydrogen-bond acceptors (Lipinski definition) is 4. The molecule has 1 saturated carbocycles. The van der Waals surface area contributed by atoms with Gasteiger partial charge in [-0.15, -0.1) is 24.0 Å². The van der Waals surface area contributed by atoms with E-state index in [1.54, 1.807) is 0 Å². The smallest absolute Gasteiger partial charge is 0.193 e. The van der Waals surface area contributed by atoms with Crippen molar-refractivity contribution in [2.24, 2.45) is 10.9 Å². The van der Waals surface area contributed by atoms with Crippen LogP contribution in [0, 0.1) is 5.92 Å². The normalized spacial score (nSPS) is 28.0. The summed E-state index contributed by atoms with van der Waals surface area (Å²) >= 11 is 0. The van der Waals surface area contributed by atoms with E-state index in [2.05, 4.69) is 20.1 Å². The summed E-state index contributed by atoms with van der Waals surface area (Å²) in [6.07, 6.45) is 5.33. The lowest BCUT2D eigenvalue weighted by Gasteiger charge is -2.30. The predicted octanol–water partition coefficient (Wildman–Crippen LogP) is 1.14. The van der Waals surface area contributed by atoms with Crippen LogP contribution < -0.4 is 5.32 Å². The molecule has 7 heteroatoms. The monoisotopic (exact) mass is 452 g/mol. The van der Waals surface area contributed by atoms with Crippen molar-refractivity contribution in [3.8, 4) is 0 Å². The van der Waals surface area contributed by atoms with E-state index in [0.717, 1.165) is 71.0 Å². The molecule has 0 aromatic rings. The van der Waals surface area contributed by atoms with E-state index in [4.69, 9.17) is 4.74 Å². The molecule has 0 aromatic carbocycles. The topological polar surface area (TPSA) is 60.3 Å². The fraction of sp³-hybridized carbons (Fsp3) is 0.941. The molecule has 2 aliphatic heterocycles. The largest absolute Gasteiger partial charge is 0.388 e. The van der Waals surface area contributed by atoms with Crippen LogP contribution in [0.3, 0.4) is 0 Å². The lowest BCUT2D eigenvalue weighted by atomic mass is 10.0. The van der Waals surface area contributed by atoms with Crippen LogP contribution in [0.15, 0.2) is 4.99 Å². The lowest BCUT2D eigenvalue weighted by Crippen LogP contribution is -2.47. The Labute approximate surface area is 163 Å². The summed E-state index contributed by atoms with van der Waals surface area (Å²) in [6, 6.07) is 0. The zero-order valence-corrected chi connectivity index (χ0v) is 17.2. The highest BCUT2D eigenvalue weighted by molar-refractivity contribution is 14.0. The molecule has 3 fully saturated rings. The number of hydrogen-bond donors (Lipinski definition) is 2. The molecule has 3 aliphatic rings.